The first-order valence-electron chi connectivity index (χ1n) is 6.79. The summed E-state index contributed by atoms with van der Waals surface area (Å²) in [7, 11) is 0. The van der Waals surface area contributed by atoms with E-state index >= 15 is 0 Å². The maximum atomic E-state index is 12.5. The molecule has 108 valence electrons. The molecule has 0 radical (unpaired) electrons. The number of rotatable bonds is 5. The van der Waals surface area contributed by atoms with Crippen molar-refractivity contribution in [3.63, 3.8) is 0 Å². The zero-order valence-corrected chi connectivity index (χ0v) is 11.8. The minimum absolute atomic E-state index is 0.0514. The standard InChI is InChI=1S/C15H19NO4/c1-3-20-14(18)9-16(11-5-6-11)15(19)12-7-4-10(2)8-13(12)17/h4,7-8,11,17H,3,5-6,9H2,1-2H3. The zero-order valence-electron chi connectivity index (χ0n) is 11.8. The second-order valence-electron chi connectivity index (χ2n) is 4.99. The van der Waals surface area contributed by atoms with Crippen LogP contribution in [0.3, 0.4) is 0 Å². The van der Waals surface area contributed by atoms with Crippen LogP contribution in [-0.4, -0.2) is 41.1 Å². The molecule has 5 heteroatoms. The van der Waals surface area contributed by atoms with Gasteiger partial charge in [-0.15, -0.1) is 0 Å². The van der Waals surface area contributed by atoms with Gasteiger partial charge in [-0.2, -0.15) is 0 Å². The van der Waals surface area contributed by atoms with Crippen LogP contribution in [0, 0.1) is 6.92 Å². The minimum Gasteiger partial charge on any atom is -0.507 e. The molecular weight excluding hydrogens is 258 g/mol. The van der Waals surface area contributed by atoms with E-state index in [2.05, 4.69) is 0 Å². The first kappa shape index (κ1) is 14.4. The van der Waals surface area contributed by atoms with Gasteiger partial charge in [0, 0.05) is 6.04 Å². The monoisotopic (exact) mass is 277 g/mol. The third-order valence-corrected chi connectivity index (χ3v) is 3.24. The maximum Gasteiger partial charge on any atom is 0.325 e. The number of hydrogen-bond acceptors (Lipinski definition) is 4. The lowest BCUT2D eigenvalue weighted by molar-refractivity contribution is -0.144. The predicted octanol–water partition coefficient (Wildman–Crippen LogP) is 1.87. The highest BCUT2D eigenvalue weighted by atomic mass is 16.5. The summed E-state index contributed by atoms with van der Waals surface area (Å²) in [6.45, 7) is 3.80. The summed E-state index contributed by atoms with van der Waals surface area (Å²) in [5.74, 6) is -0.790. The number of ether oxygens (including phenoxy) is 1. The Morgan fingerprint density at radius 3 is 2.65 bits per heavy atom. The smallest absolute Gasteiger partial charge is 0.325 e. The third-order valence-electron chi connectivity index (χ3n) is 3.24. The van der Waals surface area contributed by atoms with Crippen LogP contribution in [0.5, 0.6) is 5.75 Å². The molecule has 0 saturated heterocycles. The van der Waals surface area contributed by atoms with Gasteiger partial charge in [0.25, 0.3) is 5.91 Å². The molecule has 0 aromatic heterocycles. The minimum atomic E-state index is -0.417. The molecule has 0 heterocycles. The van der Waals surface area contributed by atoms with E-state index in [4.69, 9.17) is 4.74 Å². The number of benzene rings is 1. The molecule has 0 atom stereocenters. The van der Waals surface area contributed by atoms with Crippen LogP contribution < -0.4 is 0 Å². The lowest BCUT2D eigenvalue weighted by Gasteiger charge is -2.21. The summed E-state index contributed by atoms with van der Waals surface area (Å²) in [5, 5.41) is 9.89. The molecule has 5 nitrogen and oxygen atoms in total. The highest BCUT2D eigenvalue weighted by Gasteiger charge is 2.35. The summed E-state index contributed by atoms with van der Waals surface area (Å²) >= 11 is 0. The highest BCUT2D eigenvalue weighted by molar-refractivity contribution is 5.98. The van der Waals surface area contributed by atoms with Gasteiger partial charge in [0.2, 0.25) is 0 Å². The Labute approximate surface area is 118 Å². The van der Waals surface area contributed by atoms with Crippen molar-refractivity contribution in [3.05, 3.63) is 29.3 Å². The molecule has 0 spiro atoms. The van der Waals surface area contributed by atoms with E-state index in [0.717, 1.165) is 18.4 Å². The van der Waals surface area contributed by atoms with Crippen molar-refractivity contribution in [2.45, 2.75) is 32.7 Å². The average molecular weight is 277 g/mol. The number of carbonyl (C=O) groups is 2. The largest absolute Gasteiger partial charge is 0.507 e. The van der Waals surface area contributed by atoms with Gasteiger partial charge in [-0.1, -0.05) is 6.07 Å². The fraction of sp³-hybridized carbons (Fsp3) is 0.467. The van der Waals surface area contributed by atoms with E-state index in [0.29, 0.717) is 6.61 Å². The fourth-order valence-corrected chi connectivity index (χ4v) is 2.08. The van der Waals surface area contributed by atoms with E-state index in [9.17, 15) is 14.7 Å². The molecule has 1 saturated carbocycles. The summed E-state index contributed by atoms with van der Waals surface area (Å²) in [4.78, 5) is 25.5. The summed E-state index contributed by atoms with van der Waals surface area (Å²) < 4.78 is 4.89. The average Bonchev–Trinajstić information content (AvgIpc) is 3.20. The molecule has 1 fully saturated rings. The molecule has 0 unspecified atom stereocenters. The van der Waals surface area contributed by atoms with Crippen molar-refractivity contribution in [2.24, 2.45) is 0 Å². The molecule has 2 rings (SSSR count). The Kier molecular flexibility index (Phi) is 4.27. The van der Waals surface area contributed by atoms with Crippen LogP contribution in [0.2, 0.25) is 0 Å². The van der Waals surface area contributed by atoms with Gasteiger partial charge in [0.1, 0.15) is 12.3 Å². The Bertz CT molecular complexity index is 523. The van der Waals surface area contributed by atoms with Crippen LogP contribution >= 0.6 is 0 Å². The van der Waals surface area contributed by atoms with Crippen molar-refractivity contribution in [2.75, 3.05) is 13.2 Å². The van der Waals surface area contributed by atoms with Crippen LogP contribution in [0.15, 0.2) is 18.2 Å². The predicted molar refractivity (Wildman–Crippen MR) is 73.5 cm³/mol. The van der Waals surface area contributed by atoms with Crippen LogP contribution in [0.25, 0.3) is 0 Å². The van der Waals surface area contributed by atoms with Gasteiger partial charge in [-0.05, 0) is 44.4 Å². The van der Waals surface area contributed by atoms with E-state index in [1.54, 1.807) is 25.1 Å². The molecule has 1 aliphatic carbocycles. The van der Waals surface area contributed by atoms with Crippen molar-refractivity contribution in [3.8, 4) is 5.75 Å². The van der Waals surface area contributed by atoms with Gasteiger partial charge in [-0.25, -0.2) is 0 Å². The normalized spacial score (nSPS) is 13.9. The van der Waals surface area contributed by atoms with E-state index in [-0.39, 0.29) is 29.8 Å². The lowest BCUT2D eigenvalue weighted by atomic mass is 10.1. The Morgan fingerprint density at radius 1 is 1.40 bits per heavy atom. The van der Waals surface area contributed by atoms with Crippen LogP contribution in [-0.2, 0) is 9.53 Å². The highest BCUT2D eigenvalue weighted by Crippen LogP contribution is 2.30. The summed E-state index contributed by atoms with van der Waals surface area (Å²) in [5.41, 5.74) is 1.11. The van der Waals surface area contributed by atoms with E-state index in [1.165, 1.54) is 4.90 Å². The van der Waals surface area contributed by atoms with Gasteiger partial charge in [0.05, 0.1) is 12.2 Å². The van der Waals surface area contributed by atoms with Gasteiger partial charge >= 0.3 is 5.97 Å². The molecule has 0 bridgehead atoms. The van der Waals surface area contributed by atoms with Gasteiger partial charge in [-0.3, -0.25) is 9.59 Å². The van der Waals surface area contributed by atoms with E-state index in [1.807, 2.05) is 6.92 Å². The van der Waals surface area contributed by atoms with Gasteiger partial charge in [0.15, 0.2) is 0 Å². The number of hydrogen-bond donors (Lipinski definition) is 1. The first-order valence-corrected chi connectivity index (χ1v) is 6.79. The molecule has 1 N–H and O–H groups in total. The van der Waals surface area contributed by atoms with Crippen LogP contribution in [0.1, 0.15) is 35.7 Å². The zero-order chi connectivity index (χ0) is 14.7. The number of carbonyl (C=O) groups excluding carboxylic acids is 2. The second-order valence-corrected chi connectivity index (χ2v) is 4.99. The quantitative estimate of drug-likeness (QED) is 0.834. The number of aryl methyl sites for hydroxylation is 1. The SMILES string of the molecule is CCOC(=O)CN(C(=O)c1ccc(C)cc1O)C1CC1. The van der Waals surface area contributed by atoms with Crippen molar-refractivity contribution >= 4 is 11.9 Å². The summed E-state index contributed by atoms with van der Waals surface area (Å²) in [6, 6.07) is 4.98. The Morgan fingerprint density at radius 2 is 2.10 bits per heavy atom. The lowest BCUT2D eigenvalue weighted by Crippen LogP contribution is -2.38. The maximum absolute atomic E-state index is 12.5. The number of amides is 1. The molecule has 1 aromatic carbocycles. The third kappa shape index (κ3) is 3.29. The fourth-order valence-electron chi connectivity index (χ4n) is 2.08. The van der Waals surface area contributed by atoms with Crippen molar-refractivity contribution in [1.29, 1.82) is 0 Å². The molecule has 1 aromatic rings. The molecular formula is C15H19NO4. The second kappa shape index (κ2) is 5.94. The Balaban J connectivity index is 2.16. The Hall–Kier alpha value is -2.04. The number of nitrogens with zero attached hydrogens (tertiary/aromatic N) is 1. The molecule has 0 aliphatic heterocycles. The van der Waals surface area contributed by atoms with E-state index < -0.39 is 5.97 Å². The van der Waals surface area contributed by atoms with Crippen LogP contribution in [0.4, 0.5) is 0 Å². The number of esters is 1. The summed E-state index contributed by atoms with van der Waals surface area (Å²) in [6.07, 6.45) is 1.77. The first-order chi connectivity index (χ1) is 9.52. The molecule has 1 amide bonds. The van der Waals surface area contributed by atoms with Crippen molar-refractivity contribution in [1.82, 2.24) is 4.90 Å². The number of phenolic OH excluding ortho intramolecular Hbond substituents is 1. The van der Waals surface area contributed by atoms with Gasteiger partial charge < -0.3 is 14.7 Å². The number of phenols is 1. The molecule has 1 aliphatic rings. The molecule has 20 heavy (non-hydrogen) atoms. The topological polar surface area (TPSA) is 66.8 Å². The number of aromatic hydroxyl groups is 1. The van der Waals surface area contributed by atoms with Crippen molar-refractivity contribution < 1.29 is 19.4 Å².